The highest BCUT2D eigenvalue weighted by Gasteiger charge is 1.94. The first-order valence-electron chi connectivity index (χ1n) is 4.51. The molecule has 3 heteroatoms. The van der Waals surface area contributed by atoms with E-state index in [0.717, 1.165) is 12.2 Å². The fraction of sp³-hybridized carbons (Fsp3) is 0.500. The van der Waals surface area contributed by atoms with E-state index in [2.05, 4.69) is 10.3 Å². The molecule has 0 aromatic carbocycles. The fourth-order valence-electron chi connectivity index (χ4n) is 0.851. The molecule has 1 aromatic heterocycles. The van der Waals surface area contributed by atoms with Crippen LogP contribution in [0.4, 0.5) is 0 Å². The van der Waals surface area contributed by atoms with Gasteiger partial charge in [0.2, 0.25) is 5.88 Å². The zero-order chi connectivity index (χ0) is 10.1. The zero-order valence-electron chi connectivity index (χ0n) is 8.79. The van der Waals surface area contributed by atoms with Crippen LogP contribution in [0.25, 0.3) is 0 Å². The summed E-state index contributed by atoms with van der Waals surface area (Å²) >= 11 is 0. The minimum absolute atomic E-state index is 0.665. The third kappa shape index (κ3) is 4.48. The molecule has 0 radical (unpaired) electrons. The lowest BCUT2D eigenvalue weighted by molar-refractivity contribution is 0.396. The number of pyridine rings is 1. The summed E-state index contributed by atoms with van der Waals surface area (Å²) in [5.41, 5.74) is 0.992. The Morgan fingerprint density at radius 2 is 2.08 bits per heavy atom. The standard InChI is InChI=1S/C8H12N2O.C2H6/c1-9-6-7-4-3-5-8(10-7)11-2;1-2/h3-5,9H,6H2,1-2H3;1-2H3. The second kappa shape index (κ2) is 7.55. The van der Waals surface area contributed by atoms with Crippen LogP contribution in [-0.2, 0) is 6.54 Å². The van der Waals surface area contributed by atoms with Gasteiger partial charge in [-0.3, -0.25) is 0 Å². The van der Waals surface area contributed by atoms with Crippen molar-refractivity contribution in [1.29, 1.82) is 0 Å². The Bertz CT molecular complexity index is 226. The van der Waals surface area contributed by atoms with Crippen LogP contribution in [0, 0.1) is 0 Å². The number of hydrogen-bond acceptors (Lipinski definition) is 3. The van der Waals surface area contributed by atoms with Crippen LogP contribution in [0.15, 0.2) is 18.2 Å². The highest BCUT2D eigenvalue weighted by atomic mass is 16.5. The molecule has 0 saturated carbocycles. The summed E-state index contributed by atoms with van der Waals surface area (Å²) in [6, 6.07) is 5.72. The summed E-state index contributed by atoms with van der Waals surface area (Å²) in [6.45, 7) is 4.78. The van der Waals surface area contributed by atoms with Crippen LogP contribution in [0.3, 0.4) is 0 Å². The molecular weight excluding hydrogens is 164 g/mol. The Kier molecular flexibility index (Phi) is 6.92. The Morgan fingerprint density at radius 1 is 1.38 bits per heavy atom. The van der Waals surface area contributed by atoms with Gasteiger partial charge in [0.15, 0.2) is 0 Å². The second-order valence-electron chi connectivity index (χ2n) is 2.20. The number of nitrogens with one attached hydrogen (secondary N) is 1. The number of ether oxygens (including phenoxy) is 1. The van der Waals surface area contributed by atoms with Crippen LogP contribution in [-0.4, -0.2) is 19.1 Å². The number of aromatic nitrogens is 1. The molecule has 1 N–H and O–H groups in total. The Labute approximate surface area is 80.1 Å². The second-order valence-corrected chi connectivity index (χ2v) is 2.20. The normalized spacial score (nSPS) is 8.62. The van der Waals surface area contributed by atoms with Gasteiger partial charge in [0.25, 0.3) is 0 Å². The maximum absolute atomic E-state index is 4.96. The van der Waals surface area contributed by atoms with E-state index in [0.29, 0.717) is 5.88 Å². The molecule has 0 unspecified atom stereocenters. The van der Waals surface area contributed by atoms with E-state index in [1.165, 1.54) is 0 Å². The van der Waals surface area contributed by atoms with Crippen LogP contribution < -0.4 is 10.1 Å². The number of rotatable bonds is 3. The van der Waals surface area contributed by atoms with E-state index in [1.54, 1.807) is 7.11 Å². The summed E-state index contributed by atoms with van der Waals surface area (Å²) in [6.07, 6.45) is 0. The van der Waals surface area contributed by atoms with Gasteiger partial charge in [-0.05, 0) is 13.1 Å². The van der Waals surface area contributed by atoms with Crippen molar-refractivity contribution in [1.82, 2.24) is 10.3 Å². The summed E-state index contributed by atoms with van der Waals surface area (Å²) in [5.74, 6) is 0.665. The van der Waals surface area contributed by atoms with Crippen molar-refractivity contribution in [2.24, 2.45) is 0 Å². The Morgan fingerprint density at radius 3 is 2.62 bits per heavy atom. The molecule has 0 aliphatic rings. The zero-order valence-corrected chi connectivity index (χ0v) is 8.79. The molecule has 74 valence electrons. The van der Waals surface area contributed by atoms with E-state index in [1.807, 2.05) is 39.1 Å². The summed E-state index contributed by atoms with van der Waals surface area (Å²) in [5, 5.41) is 3.02. The number of hydrogen-bond donors (Lipinski definition) is 1. The highest BCUT2D eigenvalue weighted by molar-refractivity contribution is 5.15. The van der Waals surface area contributed by atoms with Crippen molar-refractivity contribution >= 4 is 0 Å². The van der Waals surface area contributed by atoms with Crippen LogP contribution in [0.1, 0.15) is 19.5 Å². The quantitative estimate of drug-likeness (QED) is 0.774. The number of nitrogens with zero attached hydrogens (tertiary/aromatic N) is 1. The molecule has 3 nitrogen and oxygen atoms in total. The minimum atomic E-state index is 0.665. The van der Waals surface area contributed by atoms with Gasteiger partial charge in [-0.15, -0.1) is 0 Å². The molecule has 0 aliphatic heterocycles. The first kappa shape index (κ1) is 11.9. The third-order valence-corrected chi connectivity index (χ3v) is 1.35. The molecule has 0 aliphatic carbocycles. The van der Waals surface area contributed by atoms with Gasteiger partial charge in [0.05, 0.1) is 12.8 Å². The lowest BCUT2D eigenvalue weighted by atomic mass is 10.3. The molecule has 0 spiro atoms. The van der Waals surface area contributed by atoms with Crippen LogP contribution in [0.5, 0.6) is 5.88 Å². The summed E-state index contributed by atoms with van der Waals surface area (Å²) in [4.78, 5) is 4.20. The van der Waals surface area contributed by atoms with Crippen LogP contribution in [0.2, 0.25) is 0 Å². The lowest BCUT2D eigenvalue weighted by Gasteiger charge is -2.01. The van der Waals surface area contributed by atoms with E-state index >= 15 is 0 Å². The molecule has 0 saturated heterocycles. The van der Waals surface area contributed by atoms with E-state index in [9.17, 15) is 0 Å². The van der Waals surface area contributed by atoms with E-state index in [-0.39, 0.29) is 0 Å². The molecule has 0 amide bonds. The highest BCUT2D eigenvalue weighted by Crippen LogP contribution is 2.05. The molecule has 1 heterocycles. The molecule has 1 rings (SSSR count). The van der Waals surface area contributed by atoms with Crippen molar-refractivity contribution < 1.29 is 4.74 Å². The topological polar surface area (TPSA) is 34.1 Å². The molecule has 1 aromatic rings. The predicted octanol–water partition coefficient (Wildman–Crippen LogP) is 1.84. The predicted molar refractivity (Wildman–Crippen MR) is 54.9 cm³/mol. The van der Waals surface area contributed by atoms with Crippen molar-refractivity contribution in [2.75, 3.05) is 14.2 Å². The van der Waals surface area contributed by atoms with E-state index in [4.69, 9.17) is 4.74 Å². The van der Waals surface area contributed by atoms with Crippen LogP contribution >= 0.6 is 0 Å². The third-order valence-electron chi connectivity index (χ3n) is 1.35. The van der Waals surface area contributed by atoms with Gasteiger partial charge in [-0.1, -0.05) is 19.9 Å². The maximum atomic E-state index is 4.96. The smallest absolute Gasteiger partial charge is 0.213 e. The lowest BCUT2D eigenvalue weighted by Crippen LogP contribution is -2.06. The molecule has 0 atom stereocenters. The molecular formula is C10H18N2O. The Balaban J connectivity index is 0.000000671. The average molecular weight is 182 g/mol. The van der Waals surface area contributed by atoms with Gasteiger partial charge >= 0.3 is 0 Å². The minimum Gasteiger partial charge on any atom is -0.481 e. The SMILES string of the molecule is CC.CNCc1cccc(OC)n1. The first-order valence-corrected chi connectivity index (χ1v) is 4.51. The van der Waals surface area contributed by atoms with Gasteiger partial charge < -0.3 is 10.1 Å². The van der Waals surface area contributed by atoms with Crippen molar-refractivity contribution in [3.05, 3.63) is 23.9 Å². The van der Waals surface area contributed by atoms with Crippen molar-refractivity contribution in [2.45, 2.75) is 20.4 Å². The number of methoxy groups -OCH3 is 1. The van der Waals surface area contributed by atoms with Gasteiger partial charge in [0, 0.05) is 12.6 Å². The van der Waals surface area contributed by atoms with Crippen molar-refractivity contribution in [3.63, 3.8) is 0 Å². The average Bonchev–Trinajstić information content (AvgIpc) is 2.22. The molecule has 0 bridgehead atoms. The largest absolute Gasteiger partial charge is 0.481 e. The molecule has 0 fully saturated rings. The van der Waals surface area contributed by atoms with Gasteiger partial charge in [-0.25, -0.2) is 4.98 Å². The van der Waals surface area contributed by atoms with Gasteiger partial charge in [0.1, 0.15) is 0 Å². The summed E-state index contributed by atoms with van der Waals surface area (Å²) < 4.78 is 4.96. The maximum Gasteiger partial charge on any atom is 0.213 e. The van der Waals surface area contributed by atoms with E-state index < -0.39 is 0 Å². The molecule has 13 heavy (non-hydrogen) atoms. The first-order chi connectivity index (χ1) is 6.36. The van der Waals surface area contributed by atoms with Gasteiger partial charge in [-0.2, -0.15) is 0 Å². The Hall–Kier alpha value is -1.09. The fourth-order valence-corrected chi connectivity index (χ4v) is 0.851. The monoisotopic (exact) mass is 182 g/mol. The summed E-state index contributed by atoms with van der Waals surface area (Å²) in [7, 11) is 3.51. The van der Waals surface area contributed by atoms with Crippen molar-refractivity contribution in [3.8, 4) is 5.88 Å².